The van der Waals surface area contributed by atoms with Crippen LogP contribution in [0.5, 0.6) is 0 Å². The van der Waals surface area contributed by atoms with E-state index >= 15 is 0 Å². The molecule has 3 nitrogen and oxygen atoms in total. The minimum absolute atomic E-state index is 0.173. The largest absolute Gasteiger partial charge is 0.305 e. The standard InChI is InChI=1S/C14H16ClF2N3/c1-8-5-9(11(17)6-10(8)16)13-19-18-12(7-15)20(13)14(2,3)4/h5-6H,7H2,1-4H3. The molecule has 2 rings (SSSR count). The Bertz CT molecular complexity index is 645. The first-order valence-corrected chi connectivity index (χ1v) is 6.76. The van der Waals surface area contributed by atoms with Crippen molar-refractivity contribution < 1.29 is 8.78 Å². The third kappa shape index (κ3) is 2.54. The normalized spacial score (nSPS) is 11.9. The summed E-state index contributed by atoms with van der Waals surface area (Å²) in [5, 5.41) is 8.01. The first-order chi connectivity index (χ1) is 9.25. The Labute approximate surface area is 121 Å². The molecule has 0 aliphatic carbocycles. The van der Waals surface area contributed by atoms with E-state index in [-0.39, 0.29) is 17.0 Å². The van der Waals surface area contributed by atoms with Gasteiger partial charge in [-0.1, -0.05) is 0 Å². The fourth-order valence-electron chi connectivity index (χ4n) is 2.11. The second kappa shape index (κ2) is 5.13. The van der Waals surface area contributed by atoms with Gasteiger partial charge in [-0.3, -0.25) is 0 Å². The molecule has 0 spiro atoms. The molecular formula is C14H16ClF2N3. The molecule has 1 aromatic carbocycles. The van der Waals surface area contributed by atoms with E-state index in [2.05, 4.69) is 10.2 Å². The van der Waals surface area contributed by atoms with Crippen LogP contribution in [0.2, 0.25) is 0 Å². The van der Waals surface area contributed by atoms with Crippen LogP contribution < -0.4 is 0 Å². The van der Waals surface area contributed by atoms with Gasteiger partial charge in [-0.15, -0.1) is 21.8 Å². The second-order valence-corrected chi connectivity index (χ2v) is 5.93. The summed E-state index contributed by atoms with van der Waals surface area (Å²) in [5.74, 6) is -0.159. The van der Waals surface area contributed by atoms with Gasteiger partial charge in [0.1, 0.15) is 17.5 Å². The zero-order chi connectivity index (χ0) is 15.1. The third-order valence-corrected chi connectivity index (χ3v) is 3.25. The molecule has 0 radical (unpaired) electrons. The molecule has 0 aliphatic rings. The predicted molar refractivity (Wildman–Crippen MR) is 74.7 cm³/mol. The summed E-state index contributed by atoms with van der Waals surface area (Å²) >= 11 is 5.86. The number of hydrogen-bond donors (Lipinski definition) is 0. The lowest BCUT2D eigenvalue weighted by Crippen LogP contribution is -2.25. The van der Waals surface area contributed by atoms with Crippen molar-refractivity contribution in [2.24, 2.45) is 0 Å². The van der Waals surface area contributed by atoms with Crippen molar-refractivity contribution in [1.82, 2.24) is 14.8 Å². The molecule has 20 heavy (non-hydrogen) atoms. The maximum atomic E-state index is 14.0. The van der Waals surface area contributed by atoms with Gasteiger partial charge >= 0.3 is 0 Å². The summed E-state index contributed by atoms with van der Waals surface area (Å²) in [4.78, 5) is 0. The summed E-state index contributed by atoms with van der Waals surface area (Å²) < 4.78 is 29.2. The van der Waals surface area contributed by atoms with E-state index in [0.29, 0.717) is 17.2 Å². The third-order valence-electron chi connectivity index (χ3n) is 3.01. The van der Waals surface area contributed by atoms with E-state index in [1.165, 1.54) is 6.07 Å². The maximum absolute atomic E-state index is 14.0. The lowest BCUT2D eigenvalue weighted by Gasteiger charge is -2.24. The molecule has 0 bridgehead atoms. The van der Waals surface area contributed by atoms with Crippen LogP contribution in [0, 0.1) is 18.6 Å². The van der Waals surface area contributed by atoms with Crippen molar-refractivity contribution in [2.45, 2.75) is 39.1 Å². The molecule has 0 fully saturated rings. The van der Waals surface area contributed by atoms with Crippen LogP contribution in [0.4, 0.5) is 8.78 Å². The first-order valence-electron chi connectivity index (χ1n) is 6.22. The SMILES string of the molecule is Cc1cc(-c2nnc(CCl)n2C(C)(C)C)c(F)cc1F. The molecule has 0 saturated carbocycles. The fourth-order valence-corrected chi connectivity index (χ4v) is 2.28. The Morgan fingerprint density at radius 2 is 1.80 bits per heavy atom. The van der Waals surface area contributed by atoms with Crippen LogP contribution in [0.3, 0.4) is 0 Å². The van der Waals surface area contributed by atoms with Crippen LogP contribution in [-0.4, -0.2) is 14.8 Å². The number of aryl methyl sites for hydroxylation is 1. The minimum atomic E-state index is -0.660. The highest BCUT2D eigenvalue weighted by Crippen LogP contribution is 2.29. The Morgan fingerprint density at radius 3 is 2.35 bits per heavy atom. The summed E-state index contributed by atoms with van der Waals surface area (Å²) in [6.45, 7) is 7.43. The van der Waals surface area contributed by atoms with Crippen molar-refractivity contribution in [2.75, 3.05) is 0 Å². The summed E-state index contributed by atoms with van der Waals surface area (Å²) in [5.41, 5.74) is 0.220. The van der Waals surface area contributed by atoms with E-state index in [4.69, 9.17) is 11.6 Å². The summed E-state index contributed by atoms with van der Waals surface area (Å²) in [7, 11) is 0. The Hall–Kier alpha value is -1.49. The zero-order valence-corrected chi connectivity index (χ0v) is 12.6. The second-order valence-electron chi connectivity index (χ2n) is 5.66. The van der Waals surface area contributed by atoms with Gasteiger partial charge in [0.15, 0.2) is 5.82 Å². The van der Waals surface area contributed by atoms with E-state index < -0.39 is 11.6 Å². The van der Waals surface area contributed by atoms with E-state index in [1.54, 1.807) is 11.5 Å². The van der Waals surface area contributed by atoms with E-state index in [1.807, 2.05) is 20.8 Å². The highest BCUT2D eigenvalue weighted by atomic mass is 35.5. The van der Waals surface area contributed by atoms with E-state index in [0.717, 1.165) is 6.07 Å². The van der Waals surface area contributed by atoms with Crippen LogP contribution in [0.15, 0.2) is 12.1 Å². The molecule has 6 heteroatoms. The average Bonchev–Trinajstić information content (AvgIpc) is 2.77. The smallest absolute Gasteiger partial charge is 0.167 e. The van der Waals surface area contributed by atoms with Crippen molar-refractivity contribution in [3.05, 3.63) is 35.2 Å². The van der Waals surface area contributed by atoms with Gasteiger partial charge in [0.25, 0.3) is 0 Å². The number of alkyl halides is 1. The summed E-state index contributed by atoms with van der Waals surface area (Å²) in [6, 6.07) is 2.31. The molecule has 1 heterocycles. The lowest BCUT2D eigenvalue weighted by atomic mass is 10.1. The van der Waals surface area contributed by atoms with Crippen molar-refractivity contribution in [1.29, 1.82) is 0 Å². The Balaban J connectivity index is 2.71. The van der Waals surface area contributed by atoms with Gasteiger partial charge < -0.3 is 4.57 Å². The average molecular weight is 300 g/mol. The van der Waals surface area contributed by atoms with Crippen molar-refractivity contribution in [3.8, 4) is 11.4 Å². The molecule has 108 valence electrons. The number of nitrogens with zero attached hydrogens (tertiary/aromatic N) is 3. The molecule has 1 aromatic heterocycles. The van der Waals surface area contributed by atoms with Crippen LogP contribution >= 0.6 is 11.6 Å². The van der Waals surface area contributed by atoms with Crippen LogP contribution in [0.1, 0.15) is 32.2 Å². The zero-order valence-electron chi connectivity index (χ0n) is 11.8. The minimum Gasteiger partial charge on any atom is -0.305 e. The van der Waals surface area contributed by atoms with Gasteiger partial charge in [0.05, 0.1) is 11.4 Å². The van der Waals surface area contributed by atoms with E-state index in [9.17, 15) is 8.78 Å². The number of aromatic nitrogens is 3. The highest BCUT2D eigenvalue weighted by Gasteiger charge is 2.25. The van der Waals surface area contributed by atoms with Gasteiger partial charge in [-0.2, -0.15) is 0 Å². The van der Waals surface area contributed by atoms with Crippen LogP contribution in [-0.2, 0) is 11.4 Å². The fraction of sp³-hybridized carbons (Fsp3) is 0.429. The highest BCUT2D eigenvalue weighted by molar-refractivity contribution is 6.16. The molecule has 0 unspecified atom stereocenters. The summed E-state index contributed by atoms with van der Waals surface area (Å²) in [6.07, 6.45) is 0. The first kappa shape index (κ1) is 14.9. The number of benzene rings is 1. The van der Waals surface area contributed by atoms with Gasteiger partial charge in [0, 0.05) is 11.6 Å². The van der Waals surface area contributed by atoms with Gasteiger partial charge in [0.2, 0.25) is 0 Å². The Morgan fingerprint density at radius 1 is 1.15 bits per heavy atom. The van der Waals surface area contributed by atoms with Crippen LogP contribution in [0.25, 0.3) is 11.4 Å². The number of halogens is 3. The number of hydrogen-bond acceptors (Lipinski definition) is 2. The molecule has 2 aromatic rings. The maximum Gasteiger partial charge on any atom is 0.167 e. The quantitative estimate of drug-likeness (QED) is 0.784. The predicted octanol–water partition coefficient (Wildman–Crippen LogP) is 4.03. The monoisotopic (exact) mass is 299 g/mol. The lowest BCUT2D eigenvalue weighted by molar-refractivity contribution is 0.389. The molecule has 0 saturated heterocycles. The van der Waals surface area contributed by atoms with Gasteiger partial charge in [-0.05, 0) is 39.3 Å². The van der Waals surface area contributed by atoms with Crippen molar-refractivity contribution >= 4 is 11.6 Å². The molecule has 0 aliphatic heterocycles. The van der Waals surface area contributed by atoms with Gasteiger partial charge in [-0.25, -0.2) is 8.78 Å². The molecule has 0 atom stereocenters. The molecular weight excluding hydrogens is 284 g/mol. The topological polar surface area (TPSA) is 30.7 Å². The Kier molecular flexibility index (Phi) is 3.82. The molecule has 0 N–H and O–H groups in total. The molecule has 0 amide bonds. The van der Waals surface area contributed by atoms with Crippen molar-refractivity contribution in [3.63, 3.8) is 0 Å². The number of rotatable bonds is 2.